The molecule has 17 heavy (non-hydrogen) atoms. The Morgan fingerprint density at radius 2 is 2.00 bits per heavy atom. The van der Waals surface area contributed by atoms with E-state index in [-0.39, 0.29) is 28.8 Å². The van der Waals surface area contributed by atoms with Crippen LogP contribution >= 0.6 is 23.2 Å². The molecule has 0 saturated heterocycles. The van der Waals surface area contributed by atoms with Crippen molar-refractivity contribution in [3.8, 4) is 6.07 Å². The van der Waals surface area contributed by atoms with Gasteiger partial charge in [0.1, 0.15) is 16.9 Å². The smallest absolute Gasteiger partial charge is 0.255 e. The van der Waals surface area contributed by atoms with Crippen LogP contribution in [0.3, 0.4) is 0 Å². The molecular formula is C11H11Cl2N3O. The van der Waals surface area contributed by atoms with E-state index in [1.807, 2.05) is 19.9 Å². The molecule has 0 aliphatic heterocycles. The number of carbonyl (C=O) groups excluding carboxylic acids is 1. The fourth-order valence-corrected chi connectivity index (χ4v) is 1.78. The Morgan fingerprint density at radius 1 is 1.47 bits per heavy atom. The average molecular weight is 272 g/mol. The second-order valence-electron chi connectivity index (χ2n) is 3.69. The standard InChI is InChI=1S/C11H11Cl2N3O/c1-7(2)16(4-3-14)11(17)8-5-9(12)15-10(13)6-8/h5-7H,4H2,1-2H3. The summed E-state index contributed by atoms with van der Waals surface area (Å²) in [5, 5.41) is 8.99. The summed E-state index contributed by atoms with van der Waals surface area (Å²) in [6.45, 7) is 3.69. The molecular weight excluding hydrogens is 261 g/mol. The molecule has 4 nitrogen and oxygen atoms in total. The summed E-state index contributed by atoms with van der Waals surface area (Å²) in [4.78, 5) is 17.3. The number of carbonyl (C=O) groups is 1. The molecule has 1 amide bonds. The zero-order valence-corrected chi connectivity index (χ0v) is 11.0. The quantitative estimate of drug-likeness (QED) is 0.628. The zero-order valence-electron chi connectivity index (χ0n) is 9.44. The van der Waals surface area contributed by atoms with Gasteiger partial charge in [-0.2, -0.15) is 5.26 Å². The van der Waals surface area contributed by atoms with Gasteiger partial charge in [0.25, 0.3) is 5.91 Å². The van der Waals surface area contributed by atoms with Gasteiger partial charge in [0.15, 0.2) is 0 Å². The van der Waals surface area contributed by atoms with E-state index >= 15 is 0 Å². The van der Waals surface area contributed by atoms with Gasteiger partial charge in [0, 0.05) is 11.6 Å². The first kappa shape index (κ1) is 13.8. The summed E-state index contributed by atoms with van der Waals surface area (Å²) in [6.07, 6.45) is 0. The van der Waals surface area contributed by atoms with Gasteiger partial charge >= 0.3 is 0 Å². The number of rotatable bonds is 3. The summed E-state index contributed by atoms with van der Waals surface area (Å²) in [6, 6.07) is 4.74. The molecule has 1 aromatic heterocycles. The molecule has 0 saturated carbocycles. The zero-order chi connectivity index (χ0) is 13.0. The van der Waals surface area contributed by atoms with Gasteiger partial charge in [-0.1, -0.05) is 23.2 Å². The van der Waals surface area contributed by atoms with Crippen LogP contribution in [0.4, 0.5) is 0 Å². The van der Waals surface area contributed by atoms with Crippen molar-refractivity contribution in [2.75, 3.05) is 6.54 Å². The minimum absolute atomic E-state index is 0.0219. The van der Waals surface area contributed by atoms with E-state index in [0.29, 0.717) is 5.56 Å². The lowest BCUT2D eigenvalue weighted by Crippen LogP contribution is -2.37. The lowest BCUT2D eigenvalue weighted by molar-refractivity contribution is 0.0731. The molecule has 0 aliphatic rings. The van der Waals surface area contributed by atoms with Gasteiger partial charge in [-0.25, -0.2) is 4.98 Å². The number of hydrogen-bond donors (Lipinski definition) is 0. The van der Waals surface area contributed by atoms with Crippen molar-refractivity contribution in [2.45, 2.75) is 19.9 Å². The van der Waals surface area contributed by atoms with Gasteiger partial charge in [-0.3, -0.25) is 4.79 Å². The summed E-state index contributed by atoms with van der Waals surface area (Å²) in [5.74, 6) is -0.284. The first-order chi connectivity index (χ1) is 7.95. The average Bonchev–Trinajstić information content (AvgIpc) is 2.23. The molecule has 1 rings (SSSR count). The highest BCUT2D eigenvalue weighted by Crippen LogP contribution is 2.17. The van der Waals surface area contributed by atoms with Gasteiger partial charge in [0.2, 0.25) is 0 Å². The number of hydrogen-bond acceptors (Lipinski definition) is 3. The number of nitrogens with zero attached hydrogens (tertiary/aromatic N) is 3. The predicted octanol–water partition coefficient (Wildman–Crippen LogP) is 2.76. The third-order valence-electron chi connectivity index (χ3n) is 2.14. The largest absolute Gasteiger partial charge is 0.323 e. The van der Waals surface area contributed by atoms with E-state index in [9.17, 15) is 4.79 Å². The van der Waals surface area contributed by atoms with Crippen molar-refractivity contribution < 1.29 is 4.79 Å². The Morgan fingerprint density at radius 3 is 2.41 bits per heavy atom. The minimum Gasteiger partial charge on any atom is -0.323 e. The normalized spacial score (nSPS) is 10.1. The Labute approximate surface area is 110 Å². The van der Waals surface area contributed by atoms with Crippen molar-refractivity contribution >= 4 is 29.1 Å². The van der Waals surface area contributed by atoms with Crippen molar-refractivity contribution in [3.63, 3.8) is 0 Å². The first-order valence-corrected chi connectivity index (χ1v) is 5.72. The second-order valence-corrected chi connectivity index (χ2v) is 4.46. The van der Waals surface area contributed by atoms with E-state index < -0.39 is 0 Å². The Balaban J connectivity index is 3.05. The van der Waals surface area contributed by atoms with Crippen molar-refractivity contribution in [1.82, 2.24) is 9.88 Å². The SMILES string of the molecule is CC(C)N(CC#N)C(=O)c1cc(Cl)nc(Cl)c1. The van der Waals surface area contributed by atoms with E-state index in [4.69, 9.17) is 28.5 Å². The molecule has 0 atom stereocenters. The Bertz CT molecular complexity index is 448. The topological polar surface area (TPSA) is 57.0 Å². The molecule has 0 unspecified atom stereocenters. The number of nitriles is 1. The van der Waals surface area contributed by atoms with Crippen LogP contribution in [0.5, 0.6) is 0 Å². The first-order valence-electron chi connectivity index (χ1n) is 4.96. The molecule has 0 radical (unpaired) electrons. The monoisotopic (exact) mass is 271 g/mol. The van der Waals surface area contributed by atoms with E-state index in [0.717, 1.165) is 0 Å². The lowest BCUT2D eigenvalue weighted by Gasteiger charge is -2.23. The highest BCUT2D eigenvalue weighted by Gasteiger charge is 2.19. The van der Waals surface area contributed by atoms with Crippen LogP contribution in [0.2, 0.25) is 10.3 Å². The number of pyridine rings is 1. The van der Waals surface area contributed by atoms with Crippen LogP contribution in [-0.4, -0.2) is 28.4 Å². The Hall–Kier alpha value is -1.31. The van der Waals surface area contributed by atoms with E-state index in [1.54, 1.807) is 0 Å². The van der Waals surface area contributed by atoms with Crippen LogP contribution < -0.4 is 0 Å². The van der Waals surface area contributed by atoms with E-state index in [1.165, 1.54) is 17.0 Å². The van der Waals surface area contributed by atoms with Crippen LogP contribution in [0, 0.1) is 11.3 Å². The lowest BCUT2D eigenvalue weighted by atomic mass is 10.2. The highest BCUT2D eigenvalue weighted by atomic mass is 35.5. The predicted molar refractivity (Wildman–Crippen MR) is 66.0 cm³/mol. The molecule has 1 aromatic rings. The van der Waals surface area contributed by atoms with Gasteiger partial charge in [-0.05, 0) is 26.0 Å². The molecule has 0 spiro atoms. The minimum atomic E-state index is -0.284. The van der Waals surface area contributed by atoms with Crippen molar-refractivity contribution in [1.29, 1.82) is 5.26 Å². The summed E-state index contributed by atoms with van der Waals surface area (Å²) in [7, 11) is 0. The summed E-state index contributed by atoms with van der Waals surface area (Å²) >= 11 is 11.4. The number of amides is 1. The molecule has 6 heteroatoms. The Kier molecular flexibility index (Phi) is 4.73. The van der Waals surface area contributed by atoms with Crippen LogP contribution in [-0.2, 0) is 0 Å². The van der Waals surface area contributed by atoms with Crippen molar-refractivity contribution in [3.05, 3.63) is 28.0 Å². The molecule has 0 aliphatic carbocycles. The third-order valence-corrected chi connectivity index (χ3v) is 2.52. The van der Waals surface area contributed by atoms with Crippen LogP contribution in [0.1, 0.15) is 24.2 Å². The van der Waals surface area contributed by atoms with E-state index in [2.05, 4.69) is 4.98 Å². The number of halogens is 2. The maximum absolute atomic E-state index is 12.1. The van der Waals surface area contributed by atoms with Crippen LogP contribution in [0.15, 0.2) is 12.1 Å². The van der Waals surface area contributed by atoms with Gasteiger partial charge in [-0.15, -0.1) is 0 Å². The maximum atomic E-state index is 12.1. The fourth-order valence-electron chi connectivity index (χ4n) is 1.32. The summed E-state index contributed by atoms with van der Waals surface area (Å²) in [5.41, 5.74) is 0.332. The summed E-state index contributed by atoms with van der Waals surface area (Å²) < 4.78 is 0. The molecule has 0 N–H and O–H groups in total. The van der Waals surface area contributed by atoms with Gasteiger partial charge < -0.3 is 4.90 Å². The molecule has 0 aromatic carbocycles. The van der Waals surface area contributed by atoms with Crippen LogP contribution in [0.25, 0.3) is 0 Å². The third kappa shape index (κ3) is 3.58. The number of aromatic nitrogens is 1. The molecule has 0 fully saturated rings. The molecule has 0 bridgehead atoms. The maximum Gasteiger partial charge on any atom is 0.255 e. The molecule has 1 heterocycles. The van der Waals surface area contributed by atoms with Gasteiger partial charge in [0.05, 0.1) is 6.07 Å². The molecule has 90 valence electrons. The second kappa shape index (κ2) is 5.85. The fraction of sp³-hybridized carbons (Fsp3) is 0.364. The highest BCUT2D eigenvalue weighted by molar-refractivity contribution is 6.33. The van der Waals surface area contributed by atoms with Crippen molar-refractivity contribution in [2.24, 2.45) is 0 Å².